The van der Waals surface area contributed by atoms with Crippen molar-refractivity contribution in [2.45, 2.75) is 0 Å². The van der Waals surface area contributed by atoms with Gasteiger partial charge in [0, 0.05) is 0 Å². The Hall–Kier alpha value is -7.54. The Balaban J connectivity index is 1.13. The molecule has 0 aliphatic heterocycles. The zero-order chi connectivity index (χ0) is 38.2. The van der Waals surface area contributed by atoms with Gasteiger partial charge < -0.3 is 0 Å². The van der Waals surface area contributed by atoms with Gasteiger partial charge in [-0.3, -0.25) is 0 Å². The highest BCUT2D eigenvalue weighted by Crippen LogP contribution is 2.47. The van der Waals surface area contributed by atoms with E-state index in [9.17, 15) is 0 Å². The maximum absolute atomic E-state index is 2.46. The van der Waals surface area contributed by atoms with Gasteiger partial charge >= 0.3 is 0 Å². The molecule has 0 bridgehead atoms. The molecule has 0 fully saturated rings. The lowest BCUT2D eigenvalue weighted by atomic mass is 9.83. The van der Waals surface area contributed by atoms with Gasteiger partial charge in [0.05, 0.1) is 0 Å². The fraction of sp³-hybridized carbons (Fsp3) is 0. The van der Waals surface area contributed by atoms with Crippen LogP contribution in [0.2, 0.25) is 0 Å². The smallest absolute Gasteiger partial charge is 0.00201 e. The van der Waals surface area contributed by atoms with E-state index in [1.807, 2.05) is 0 Å². The normalized spacial score (nSPS) is 11.8. The molecule has 0 atom stereocenters. The maximum Gasteiger partial charge on any atom is -0.00201 e. The molecule has 0 heteroatoms. The highest BCUT2D eigenvalue weighted by molar-refractivity contribution is 6.34. The Morgan fingerprint density at radius 1 is 0.190 bits per heavy atom. The number of hydrogen-bond donors (Lipinski definition) is 0. The lowest BCUT2D eigenvalue weighted by Crippen LogP contribution is -1.93. The summed E-state index contributed by atoms with van der Waals surface area (Å²) in [6, 6.07) is 80.8. The van der Waals surface area contributed by atoms with Crippen molar-refractivity contribution in [3.05, 3.63) is 218 Å². The van der Waals surface area contributed by atoms with Crippen LogP contribution in [-0.4, -0.2) is 0 Å². The van der Waals surface area contributed by atoms with E-state index in [1.54, 1.807) is 0 Å². The van der Waals surface area contributed by atoms with Gasteiger partial charge in [0.25, 0.3) is 0 Å². The zero-order valence-electron chi connectivity index (χ0n) is 31.8. The molecule has 0 unspecified atom stereocenters. The molecule has 0 heterocycles. The number of fused-ring (bicyclic) bond motifs is 4. The predicted octanol–water partition coefficient (Wildman–Crippen LogP) is 16.4. The van der Waals surface area contributed by atoms with Gasteiger partial charge in [-0.2, -0.15) is 0 Å². The molecule has 58 heavy (non-hydrogen) atoms. The van der Waals surface area contributed by atoms with Crippen molar-refractivity contribution < 1.29 is 0 Å². The summed E-state index contributed by atoms with van der Waals surface area (Å²) in [7, 11) is 0. The summed E-state index contributed by atoms with van der Waals surface area (Å²) in [4.78, 5) is 0. The molecular weight excluding hydrogens is 697 g/mol. The van der Waals surface area contributed by atoms with Crippen LogP contribution in [0.5, 0.6) is 0 Å². The average molecular weight is 733 g/mol. The van der Waals surface area contributed by atoms with Crippen molar-refractivity contribution in [2.75, 3.05) is 0 Å². The van der Waals surface area contributed by atoms with E-state index < -0.39 is 0 Å². The Morgan fingerprint density at radius 2 is 0.569 bits per heavy atom. The summed E-state index contributed by atoms with van der Waals surface area (Å²) in [5, 5.41) is 15.5. The van der Waals surface area contributed by atoms with E-state index in [1.165, 1.54) is 120 Å². The van der Waals surface area contributed by atoms with Crippen LogP contribution in [0.3, 0.4) is 0 Å². The Kier molecular flexibility index (Phi) is 7.33. The second-order valence-electron chi connectivity index (χ2n) is 15.5. The minimum atomic E-state index is 1.21. The predicted molar refractivity (Wildman–Crippen MR) is 250 cm³/mol. The van der Waals surface area contributed by atoms with Crippen molar-refractivity contribution in [3.8, 4) is 55.6 Å². The average Bonchev–Trinajstić information content (AvgIpc) is 3.30. The summed E-state index contributed by atoms with van der Waals surface area (Å²) < 4.78 is 0. The first-order valence-corrected chi connectivity index (χ1v) is 20.2. The second-order valence-corrected chi connectivity index (χ2v) is 15.5. The van der Waals surface area contributed by atoms with Gasteiger partial charge in [-0.15, -0.1) is 0 Å². The molecule has 12 aromatic carbocycles. The molecule has 0 amide bonds. The monoisotopic (exact) mass is 732 g/mol. The molecule has 0 spiro atoms. The lowest BCUT2D eigenvalue weighted by Gasteiger charge is -2.20. The van der Waals surface area contributed by atoms with Crippen molar-refractivity contribution in [3.63, 3.8) is 0 Å². The topological polar surface area (TPSA) is 0 Å². The van der Waals surface area contributed by atoms with Crippen LogP contribution in [-0.2, 0) is 0 Å². The molecule has 0 N–H and O–H groups in total. The minimum Gasteiger partial charge on any atom is -0.0622 e. The Morgan fingerprint density at radius 3 is 1.16 bits per heavy atom. The highest BCUT2D eigenvalue weighted by atomic mass is 14.2. The largest absolute Gasteiger partial charge is 0.0622 e. The number of benzene rings is 12. The van der Waals surface area contributed by atoms with E-state index in [2.05, 4.69) is 218 Å². The first-order chi connectivity index (χ1) is 28.8. The van der Waals surface area contributed by atoms with Crippen molar-refractivity contribution in [1.29, 1.82) is 0 Å². The third-order valence-electron chi connectivity index (χ3n) is 12.4. The first kappa shape index (κ1) is 32.7. The zero-order valence-corrected chi connectivity index (χ0v) is 31.8. The molecule has 0 nitrogen and oxygen atoms in total. The highest BCUT2D eigenvalue weighted by Gasteiger charge is 2.20. The first-order valence-electron chi connectivity index (χ1n) is 20.2. The third-order valence-corrected chi connectivity index (χ3v) is 12.4. The molecule has 0 aliphatic rings. The second kappa shape index (κ2) is 13.0. The maximum atomic E-state index is 2.46. The fourth-order valence-electron chi connectivity index (χ4n) is 9.79. The van der Waals surface area contributed by atoms with Gasteiger partial charge in [-0.05, 0) is 126 Å². The minimum absolute atomic E-state index is 1.21. The SMILES string of the molecule is c1ccc(-c2ccc(-c3c4ccccc4c(-c4ccc(-c5ccccc5)cc4)c4cc(-c5ccc6c7cccc8cccc(c9cccc5c96)c87)ccc34)cc2)cc1. The summed E-state index contributed by atoms with van der Waals surface area (Å²) in [5.41, 5.74) is 12.3. The standard InChI is InChI=1S/C58H36/c1-3-12-37(13-4-1)39-24-28-42(29-25-39)56-47-18-7-8-19-48(47)57(43-30-26-40(27-31-43)38-14-5-2-6-15-38)54-36-44(32-33-53(54)56)45-34-35-52-50-21-10-17-41-16-9-20-49(55(41)50)51-23-11-22-46(45)58(51)52/h1-36H. The van der Waals surface area contributed by atoms with Crippen LogP contribution in [0.25, 0.3) is 120 Å². The molecule has 0 aromatic heterocycles. The quantitative estimate of drug-likeness (QED) is 0.122. The van der Waals surface area contributed by atoms with Crippen LogP contribution in [0, 0.1) is 0 Å². The number of hydrogen-bond acceptors (Lipinski definition) is 0. The number of rotatable bonds is 5. The Labute approximate surface area is 337 Å². The van der Waals surface area contributed by atoms with E-state index in [0.717, 1.165) is 0 Å². The molecule has 0 aliphatic carbocycles. The van der Waals surface area contributed by atoms with Crippen LogP contribution in [0.4, 0.5) is 0 Å². The summed E-state index contributed by atoms with van der Waals surface area (Å²) in [6.45, 7) is 0. The Bertz CT molecular complexity index is 3450. The molecule has 268 valence electrons. The van der Waals surface area contributed by atoms with E-state index in [-0.39, 0.29) is 0 Å². The van der Waals surface area contributed by atoms with Crippen molar-refractivity contribution in [2.24, 2.45) is 0 Å². The molecule has 12 rings (SSSR count). The van der Waals surface area contributed by atoms with Gasteiger partial charge in [0.15, 0.2) is 0 Å². The van der Waals surface area contributed by atoms with Crippen LogP contribution in [0.1, 0.15) is 0 Å². The van der Waals surface area contributed by atoms with Gasteiger partial charge in [0.1, 0.15) is 0 Å². The molecule has 0 saturated heterocycles. The van der Waals surface area contributed by atoms with E-state index in [4.69, 9.17) is 0 Å². The molecular formula is C58H36. The van der Waals surface area contributed by atoms with E-state index in [0.29, 0.717) is 0 Å². The van der Waals surface area contributed by atoms with Crippen LogP contribution in [0.15, 0.2) is 218 Å². The molecule has 0 saturated carbocycles. The van der Waals surface area contributed by atoms with Gasteiger partial charge in [-0.1, -0.05) is 212 Å². The van der Waals surface area contributed by atoms with Gasteiger partial charge in [0.2, 0.25) is 0 Å². The molecule has 0 radical (unpaired) electrons. The van der Waals surface area contributed by atoms with E-state index >= 15 is 0 Å². The van der Waals surface area contributed by atoms with Crippen LogP contribution >= 0.6 is 0 Å². The molecule has 12 aromatic rings. The fourth-order valence-corrected chi connectivity index (χ4v) is 9.79. The van der Waals surface area contributed by atoms with Crippen LogP contribution < -0.4 is 0 Å². The van der Waals surface area contributed by atoms with Gasteiger partial charge in [-0.25, -0.2) is 0 Å². The van der Waals surface area contributed by atoms with Crippen molar-refractivity contribution in [1.82, 2.24) is 0 Å². The van der Waals surface area contributed by atoms with Crippen molar-refractivity contribution >= 4 is 64.6 Å². The summed E-state index contributed by atoms with van der Waals surface area (Å²) >= 11 is 0. The summed E-state index contributed by atoms with van der Waals surface area (Å²) in [5.74, 6) is 0. The lowest BCUT2D eigenvalue weighted by molar-refractivity contribution is 1.60. The third kappa shape index (κ3) is 5.02. The summed E-state index contributed by atoms with van der Waals surface area (Å²) in [6.07, 6.45) is 0.